The molecule has 0 aliphatic carbocycles. The van der Waals surface area contributed by atoms with Crippen molar-refractivity contribution in [2.24, 2.45) is 0 Å². The molecule has 0 unspecified atom stereocenters. The summed E-state index contributed by atoms with van der Waals surface area (Å²) in [6.07, 6.45) is 11.0. The molecule has 220 valence electrons. The minimum absolute atomic E-state index is 0.0831. The van der Waals surface area contributed by atoms with Gasteiger partial charge >= 0.3 is 17.9 Å². The summed E-state index contributed by atoms with van der Waals surface area (Å²) in [6.45, 7) is 8.13. The van der Waals surface area contributed by atoms with Crippen LogP contribution >= 0.6 is 0 Å². The highest BCUT2D eigenvalue weighted by molar-refractivity contribution is 6.10. The normalized spacial score (nSPS) is 10.8. The molecule has 0 aliphatic heterocycles. The number of carbonyl (C=O) groups excluding carboxylic acids is 4. The minimum atomic E-state index is -0.818. The summed E-state index contributed by atoms with van der Waals surface area (Å²) in [6, 6.07) is 1.07. The SMILES string of the molecule is CCCCCCC(=O)Oc1c(O)cc(C(=O)OCCC)c(C(=O)CCCCCC)c1OC(=O)CCCCCC. The number of carbonyl (C=O) groups is 4. The Morgan fingerprint density at radius 2 is 1.13 bits per heavy atom. The number of Topliss-reactive ketones (excluding diaryl/α,β-unsaturated/α-hetero) is 1. The number of aromatic hydroxyl groups is 1. The highest BCUT2D eigenvalue weighted by Gasteiger charge is 2.31. The van der Waals surface area contributed by atoms with Crippen molar-refractivity contribution in [3.63, 3.8) is 0 Å². The van der Waals surface area contributed by atoms with Crippen LogP contribution in [0.4, 0.5) is 0 Å². The second-order valence-corrected chi connectivity index (χ2v) is 9.92. The van der Waals surface area contributed by atoms with Crippen LogP contribution in [0.25, 0.3) is 0 Å². The molecule has 0 aliphatic rings. The van der Waals surface area contributed by atoms with Gasteiger partial charge in [0.1, 0.15) is 0 Å². The van der Waals surface area contributed by atoms with Crippen molar-refractivity contribution >= 4 is 23.7 Å². The van der Waals surface area contributed by atoms with Crippen molar-refractivity contribution in [1.82, 2.24) is 0 Å². The number of ketones is 1. The first kappa shape index (κ1) is 34.1. The van der Waals surface area contributed by atoms with Gasteiger partial charge in [0.25, 0.3) is 0 Å². The van der Waals surface area contributed by atoms with Gasteiger partial charge in [-0.1, -0.05) is 85.5 Å². The van der Waals surface area contributed by atoms with E-state index in [-0.39, 0.29) is 42.7 Å². The van der Waals surface area contributed by atoms with Crippen LogP contribution in [0.3, 0.4) is 0 Å². The molecule has 8 nitrogen and oxygen atoms in total. The van der Waals surface area contributed by atoms with Crippen molar-refractivity contribution in [3.05, 3.63) is 17.2 Å². The van der Waals surface area contributed by atoms with Crippen LogP contribution in [0.15, 0.2) is 6.07 Å². The van der Waals surface area contributed by atoms with Gasteiger partial charge in [0, 0.05) is 19.3 Å². The van der Waals surface area contributed by atoms with Crippen LogP contribution in [0.1, 0.15) is 151 Å². The number of unbranched alkanes of at least 4 members (excludes halogenated alkanes) is 9. The molecular formula is C31H48O8. The van der Waals surface area contributed by atoms with Gasteiger partial charge in [-0.2, -0.15) is 0 Å². The first-order valence-electron chi connectivity index (χ1n) is 14.8. The number of benzene rings is 1. The summed E-state index contributed by atoms with van der Waals surface area (Å²) in [5.74, 6) is -3.89. The Labute approximate surface area is 233 Å². The lowest BCUT2D eigenvalue weighted by molar-refractivity contribution is -0.137. The van der Waals surface area contributed by atoms with Gasteiger partial charge in [0.2, 0.25) is 5.75 Å². The number of ether oxygens (including phenoxy) is 3. The molecule has 1 N–H and O–H groups in total. The van der Waals surface area contributed by atoms with Gasteiger partial charge in [0.05, 0.1) is 17.7 Å². The summed E-state index contributed by atoms with van der Waals surface area (Å²) in [7, 11) is 0. The second-order valence-electron chi connectivity index (χ2n) is 9.92. The van der Waals surface area contributed by atoms with E-state index in [1.165, 1.54) is 0 Å². The molecule has 1 aromatic carbocycles. The summed E-state index contributed by atoms with van der Waals surface area (Å²) in [5.41, 5.74) is -0.404. The molecule has 0 amide bonds. The van der Waals surface area contributed by atoms with E-state index in [0.717, 1.165) is 63.9 Å². The summed E-state index contributed by atoms with van der Waals surface area (Å²) >= 11 is 0. The zero-order valence-electron chi connectivity index (χ0n) is 24.4. The van der Waals surface area contributed by atoms with E-state index in [4.69, 9.17) is 14.2 Å². The van der Waals surface area contributed by atoms with Crippen molar-refractivity contribution in [2.45, 2.75) is 130 Å². The van der Waals surface area contributed by atoms with Crippen LogP contribution in [-0.4, -0.2) is 35.4 Å². The topological polar surface area (TPSA) is 116 Å². The molecule has 1 aromatic rings. The van der Waals surface area contributed by atoms with Crippen molar-refractivity contribution < 1.29 is 38.5 Å². The Kier molecular flexibility index (Phi) is 17.6. The monoisotopic (exact) mass is 548 g/mol. The third-order valence-electron chi connectivity index (χ3n) is 6.31. The lowest BCUT2D eigenvalue weighted by Gasteiger charge is -2.18. The third kappa shape index (κ3) is 12.7. The molecule has 0 saturated heterocycles. The maximum atomic E-state index is 13.5. The number of rotatable bonds is 21. The second kappa shape index (κ2) is 20.1. The fourth-order valence-electron chi connectivity index (χ4n) is 4.09. The van der Waals surface area contributed by atoms with Crippen LogP contribution in [0.5, 0.6) is 17.2 Å². The first-order chi connectivity index (χ1) is 18.8. The molecule has 0 saturated carbocycles. The van der Waals surface area contributed by atoms with Crippen molar-refractivity contribution in [3.8, 4) is 17.2 Å². The number of phenolic OH excluding ortho intramolecular Hbond substituents is 1. The third-order valence-corrected chi connectivity index (χ3v) is 6.31. The molecule has 0 heterocycles. The lowest BCUT2D eigenvalue weighted by Crippen LogP contribution is -2.19. The van der Waals surface area contributed by atoms with Crippen LogP contribution in [-0.2, 0) is 14.3 Å². The number of esters is 3. The van der Waals surface area contributed by atoms with Crippen molar-refractivity contribution in [2.75, 3.05) is 6.61 Å². The largest absolute Gasteiger partial charge is 0.504 e. The van der Waals surface area contributed by atoms with E-state index >= 15 is 0 Å². The summed E-state index contributed by atoms with van der Waals surface area (Å²) in [5, 5.41) is 10.8. The molecule has 0 radical (unpaired) electrons. The summed E-state index contributed by atoms with van der Waals surface area (Å²) in [4.78, 5) is 51.9. The van der Waals surface area contributed by atoms with E-state index in [9.17, 15) is 24.3 Å². The molecular weight excluding hydrogens is 500 g/mol. The Bertz CT molecular complexity index is 922. The average Bonchev–Trinajstić information content (AvgIpc) is 2.91. The Balaban J connectivity index is 3.49. The Hall–Kier alpha value is -2.90. The van der Waals surface area contributed by atoms with E-state index < -0.39 is 35.2 Å². The zero-order valence-corrected chi connectivity index (χ0v) is 24.4. The molecule has 0 fully saturated rings. The predicted molar refractivity (Wildman–Crippen MR) is 151 cm³/mol. The average molecular weight is 549 g/mol. The number of hydrogen-bond donors (Lipinski definition) is 1. The van der Waals surface area contributed by atoms with Gasteiger partial charge < -0.3 is 19.3 Å². The van der Waals surface area contributed by atoms with Gasteiger partial charge in [0.15, 0.2) is 17.3 Å². The fourth-order valence-corrected chi connectivity index (χ4v) is 4.09. The van der Waals surface area contributed by atoms with Crippen molar-refractivity contribution in [1.29, 1.82) is 0 Å². The summed E-state index contributed by atoms with van der Waals surface area (Å²) < 4.78 is 16.4. The van der Waals surface area contributed by atoms with E-state index in [1.54, 1.807) is 0 Å². The van der Waals surface area contributed by atoms with Gasteiger partial charge in [-0.3, -0.25) is 14.4 Å². The highest BCUT2D eigenvalue weighted by Crippen LogP contribution is 2.43. The molecule has 1 rings (SSSR count). The number of hydrogen-bond acceptors (Lipinski definition) is 8. The standard InChI is InChI=1S/C31H48O8/c1-5-9-12-15-18-24(32)28-23(31(36)37-21-8-4)22-25(33)29(38-26(34)19-16-13-10-6-2)30(28)39-27(35)20-17-14-11-7-3/h22,33H,5-21H2,1-4H3. The van der Waals surface area contributed by atoms with Crippen LogP contribution in [0, 0.1) is 0 Å². The Morgan fingerprint density at radius 3 is 1.62 bits per heavy atom. The van der Waals surface area contributed by atoms with Crippen LogP contribution < -0.4 is 9.47 Å². The molecule has 0 spiro atoms. The van der Waals surface area contributed by atoms with E-state index in [1.807, 2.05) is 6.92 Å². The zero-order chi connectivity index (χ0) is 29.0. The van der Waals surface area contributed by atoms with E-state index in [0.29, 0.717) is 25.7 Å². The predicted octanol–water partition coefficient (Wildman–Crippen LogP) is 7.86. The molecule has 8 heteroatoms. The molecule has 0 bridgehead atoms. The van der Waals surface area contributed by atoms with Gasteiger partial charge in [-0.05, 0) is 31.7 Å². The quantitative estimate of drug-likeness (QED) is 0.0714. The molecule has 0 aromatic heterocycles. The first-order valence-corrected chi connectivity index (χ1v) is 14.8. The smallest absolute Gasteiger partial charge is 0.339 e. The maximum Gasteiger partial charge on any atom is 0.339 e. The fraction of sp³-hybridized carbons (Fsp3) is 0.677. The lowest BCUT2D eigenvalue weighted by atomic mass is 9.97. The minimum Gasteiger partial charge on any atom is -0.504 e. The number of phenols is 1. The Morgan fingerprint density at radius 1 is 0.641 bits per heavy atom. The van der Waals surface area contributed by atoms with Gasteiger partial charge in [-0.25, -0.2) is 4.79 Å². The van der Waals surface area contributed by atoms with Crippen LogP contribution in [0.2, 0.25) is 0 Å². The maximum absolute atomic E-state index is 13.5. The highest BCUT2D eigenvalue weighted by atomic mass is 16.6. The van der Waals surface area contributed by atoms with Gasteiger partial charge in [-0.15, -0.1) is 0 Å². The van der Waals surface area contributed by atoms with E-state index in [2.05, 4.69) is 20.8 Å². The molecule has 39 heavy (non-hydrogen) atoms. The molecule has 0 atom stereocenters.